The number of alkyl halides is 2. The van der Waals surface area contributed by atoms with Crippen LogP contribution in [-0.4, -0.2) is 16.1 Å². The Morgan fingerprint density at radius 1 is 1.64 bits per heavy atom. The smallest absolute Gasteiger partial charge is 0.309 e. The third kappa shape index (κ3) is 2.48. The Balaban J connectivity index is 2.94. The molecule has 1 aromatic rings. The fraction of sp³-hybridized carbons (Fsp3) is 0.333. The number of nitrogens with zero attached hydrogens (tertiary/aromatic N) is 1. The molecule has 0 saturated carbocycles. The highest BCUT2D eigenvalue weighted by Crippen LogP contribution is 2.21. The van der Waals surface area contributed by atoms with E-state index in [-0.39, 0.29) is 12.0 Å². The number of aliphatic carboxylic acids is 1. The molecular weight excluding hydrogens is 192 g/mol. The first-order valence-corrected chi connectivity index (χ1v) is 3.96. The monoisotopic (exact) mass is 201 g/mol. The van der Waals surface area contributed by atoms with Crippen molar-refractivity contribution in [3.8, 4) is 0 Å². The van der Waals surface area contributed by atoms with E-state index in [0.29, 0.717) is 11.3 Å². The van der Waals surface area contributed by atoms with Crippen LogP contribution in [0.25, 0.3) is 0 Å². The highest BCUT2D eigenvalue weighted by Gasteiger charge is 2.12. The lowest BCUT2D eigenvalue weighted by Crippen LogP contribution is -2.03. The molecule has 0 unspecified atom stereocenters. The zero-order valence-corrected chi connectivity index (χ0v) is 7.50. The molecule has 0 fully saturated rings. The number of carbonyl (C=O) groups is 1. The van der Waals surface area contributed by atoms with Gasteiger partial charge in [0.15, 0.2) is 0 Å². The van der Waals surface area contributed by atoms with E-state index in [1.54, 1.807) is 0 Å². The molecular formula is C9H9F2NO2. The molecule has 3 nitrogen and oxygen atoms in total. The van der Waals surface area contributed by atoms with Crippen LogP contribution < -0.4 is 0 Å². The molecule has 0 spiro atoms. The Hall–Kier alpha value is -1.52. The largest absolute Gasteiger partial charge is 0.481 e. The van der Waals surface area contributed by atoms with Gasteiger partial charge >= 0.3 is 5.97 Å². The molecule has 1 heterocycles. The second-order valence-corrected chi connectivity index (χ2v) is 2.90. The zero-order valence-electron chi connectivity index (χ0n) is 7.50. The fourth-order valence-corrected chi connectivity index (χ4v) is 1.10. The summed E-state index contributed by atoms with van der Waals surface area (Å²) in [5.41, 5.74) is 0.504. The van der Waals surface area contributed by atoms with Crippen LogP contribution in [-0.2, 0) is 11.2 Å². The van der Waals surface area contributed by atoms with Crippen molar-refractivity contribution >= 4 is 5.97 Å². The Kier molecular flexibility index (Phi) is 3.11. The van der Waals surface area contributed by atoms with Crippen LogP contribution in [0.4, 0.5) is 8.78 Å². The zero-order chi connectivity index (χ0) is 10.7. The summed E-state index contributed by atoms with van der Waals surface area (Å²) in [5, 5.41) is 8.45. The molecule has 5 heteroatoms. The third-order valence-electron chi connectivity index (χ3n) is 1.78. The summed E-state index contributed by atoms with van der Waals surface area (Å²) in [4.78, 5) is 14.0. The first-order chi connectivity index (χ1) is 6.50. The van der Waals surface area contributed by atoms with Crippen molar-refractivity contribution < 1.29 is 18.7 Å². The normalized spacial score (nSPS) is 10.6. The van der Waals surface area contributed by atoms with Crippen LogP contribution in [0.15, 0.2) is 12.3 Å². The third-order valence-corrected chi connectivity index (χ3v) is 1.78. The van der Waals surface area contributed by atoms with Crippen molar-refractivity contribution in [2.24, 2.45) is 0 Å². The van der Waals surface area contributed by atoms with Gasteiger partial charge in [-0.05, 0) is 18.6 Å². The predicted molar refractivity (Wildman–Crippen MR) is 45.3 cm³/mol. The SMILES string of the molecule is Cc1cc(CC(=O)O)ncc1C(F)F. The Bertz CT molecular complexity index is 353. The van der Waals surface area contributed by atoms with Gasteiger partial charge in [0, 0.05) is 11.8 Å². The van der Waals surface area contributed by atoms with Crippen LogP contribution in [0.1, 0.15) is 23.2 Å². The van der Waals surface area contributed by atoms with Crippen molar-refractivity contribution in [2.75, 3.05) is 0 Å². The van der Waals surface area contributed by atoms with Crippen LogP contribution in [0, 0.1) is 6.92 Å². The van der Waals surface area contributed by atoms with Crippen molar-refractivity contribution in [2.45, 2.75) is 19.8 Å². The van der Waals surface area contributed by atoms with Crippen LogP contribution >= 0.6 is 0 Å². The molecule has 0 atom stereocenters. The van der Waals surface area contributed by atoms with Crippen molar-refractivity contribution in [1.29, 1.82) is 0 Å². The maximum Gasteiger partial charge on any atom is 0.309 e. The molecule has 0 aliphatic carbocycles. The molecule has 1 N–H and O–H groups in total. The van der Waals surface area contributed by atoms with Gasteiger partial charge in [0.1, 0.15) is 0 Å². The fourth-order valence-electron chi connectivity index (χ4n) is 1.10. The van der Waals surface area contributed by atoms with E-state index in [9.17, 15) is 13.6 Å². The van der Waals surface area contributed by atoms with E-state index in [0.717, 1.165) is 6.20 Å². The average Bonchev–Trinajstić information content (AvgIpc) is 2.01. The standard InChI is InChI=1S/C9H9F2NO2/c1-5-2-6(3-8(13)14)12-4-7(5)9(10)11/h2,4,9H,3H2,1H3,(H,13,14). The quantitative estimate of drug-likeness (QED) is 0.813. The summed E-state index contributed by atoms with van der Waals surface area (Å²) in [6.45, 7) is 1.51. The Labute approximate surface area is 79.4 Å². The van der Waals surface area contributed by atoms with E-state index in [4.69, 9.17) is 5.11 Å². The van der Waals surface area contributed by atoms with Gasteiger partial charge in [-0.25, -0.2) is 8.78 Å². The van der Waals surface area contributed by atoms with E-state index in [2.05, 4.69) is 4.98 Å². The molecule has 0 aliphatic rings. The highest BCUT2D eigenvalue weighted by atomic mass is 19.3. The number of aromatic nitrogens is 1. The van der Waals surface area contributed by atoms with Crippen LogP contribution in [0.3, 0.4) is 0 Å². The number of hydrogen-bond acceptors (Lipinski definition) is 2. The van der Waals surface area contributed by atoms with Crippen molar-refractivity contribution in [3.05, 3.63) is 29.1 Å². The van der Waals surface area contributed by atoms with E-state index < -0.39 is 12.4 Å². The first-order valence-electron chi connectivity index (χ1n) is 3.96. The number of hydrogen-bond donors (Lipinski definition) is 1. The predicted octanol–water partition coefficient (Wildman–Crippen LogP) is 1.95. The number of aryl methyl sites for hydroxylation is 1. The van der Waals surface area contributed by atoms with Gasteiger partial charge in [0.05, 0.1) is 12.1 Å². The molecule has 0 aliphatic heterocycles. The second kappa shape index (κ2) is 4.13. The maximum absolute atomic E-state index is 12.3. The summed E-state index contributed by atoms with van der Waals surface area (Å²) in [7, 11) is 0. The van der Waals surface area contributed by atoms with Gasteiger partial charge < -0.3 is 5.11 Å². The number of rotatable bonds is 3. The summed E-state index contributed by atoms with van der Waals surface area (Å²) in [5.74, 6) is -1.03. The van der Waals surface area contributed by atoms with Gasteiger partial charge in [0.25, 0.3) is 6.43 Å². The lowest BCUT2D eigenvalue weighted by Gasteiger charge is -2.05. The highest BCUT2D eigenvalue weighted by molar-refractivity contribution is 5.69. The van der Waals surface area contributed by atoms with Gasteiger partial charge in [-0.2, -0.15) is 0 Å². The summed E-state index contributed by atoms with van der Waals surface area (Å²) in [6.07, 6.45) is -1.79. The molecule has 0 bridgehead atoms. The average molecular weight is 201 g/mol. The minimum absolute atomic E-state index is 0.154. The van der Waals surface area contributed by atoms with Crippen molar-refractivity contribution in [1.82, 2.24) is 4.98 Å². The van der Waals surface area contributed by atoms with Gasteiger partial charge in [0.2, 0.25) is 0 Å². The van der Waals surface area contributed by atoms with Crippen LogP contribution in [0.2, 0.25) is 0 Å². The summed E-state index contributed by atoms with van der Waals surface area (Å²) in [6, 6.07) is 1.37. The Morgan fingerprint density at radius 2 is 2.29 bits per heavy atom. The first kappa shape index (κ1) is 10.6. The topological polar surface area (TPSA) is 50.2 Å². The van der Waals surface area contributed by atoms with Crippen molar-refractivity contribution in [3.63, 3.8) is 0 Å². The molecule has 0 radical (unpaired) electrons. The van der Waals surface area contributed by atoms with Crippen LogP contribution in [0.5, 0.6) is 0 Å². The minimum Gasteiger partial charge on any atom is -0.481 e. The van der Waals surface area contributed by atoms with E-state index in [1.807, 2.05) is 0 Å². The molecule has 1 rings (SSSR count). The lowest BCUT2D eigenvalue weighted by atomic mass is 10.1. The summed E-state index contributed by atoms with van der Waals surface area (Å²) < 4.78 is 24.5. The molecule has 0 aromatic carbocycles. The molecule has 1 aromatic heterocycles. The minimum atomic E-state index is -2.57. The number of pyridine rings is 1. The molecule has 76 valence electrons. The lowest BCUT2D eigenvalue weighted by molar-refractivity contribution is -0.136. The maximum atomic E-state index is 12.3. The molecule has 0 amide bonds. The Morgan fingerprint density at radius 3 is 2.71 bits per heavy atom. The molecule has 14 heavy (non-hydrogen) atoms. The second-order valence-electron chi connectivity index (χ2n) is 2.90. The number of carboxylic acids is 1. The number of halogens is 2. The van der Waals surface area contributed by atoms with E-state index in [1.165, 1.54) is 13.0 Å². The molecule has 0 saturated heterocycles. The summed E-state index contributed by atoms with van der Waals surface area (Å²) >= 11 is 0. The van der Waals surface area contributed by atoms with E-state index >= 15 is 0 Å². The van der Waals surface area contributed by atoms with Gasteiger partial charge in [-0.15, -0.1) is 0 Å². The van der Waals surface area contributed by atoms with Gasteiger partial charge in [-0.3, -0.25) is 9.78 Å². The number of carboxylic acid groups (broad SMARTS) is 1. The van der Waals surface area contributed by atoms with Gasteiger partial charge in [-0.1, -0.05) is 0 Å².